The summed E-state index contributed by atoms with van der Waals surface area (Å²) in [4.78, 5) is 16.6. The van der Waals surface area contributed by atoms with Gasteiger partial charge in [-0.15, -0.1) is 0 Å². The molecule has 0 aliphatic heterocycles. The van der Waals surface area contributed by atoms with Crippen molar-refractivity contribution in [1.82, 2.24) is 0 Å². The average molecular weight is 419 g/mol. The third-order valence-corrected chi connectivity index (χ3v) is 6.41. The van der Waals surface area contributed by atoms with Crippen LogP contribution in [0.15, 0.2) is 70.9 Å². The summed E-state index contributed by atoms with van der Waals surface area (Å²) in [5.41, 5.74) is 4.61. The van der Waals surface area contributed by atoms with Crippen molar-refractivity contribution in [2.45, 2.75) is 64.0 Å². The van der Waals surface area contributed by atoms with E-state index in [9.17, 15) is 9.90 Å². The number of hydrogen-bond donors (Lipinski definition) is 2. The van der Waals surface area contributed by atoms with Gasteiger partial charge in [0.25, 0.3) is 0 Å². The predicted octanol–water partition coefficient (Wildman–Crippen LogP) is 5.93. The highest BCUT2D eigenvalue weighted by Gasteiger charge is 2.45. The van der Waals surface area contributed by atoms with Gasteiger partial charge < -0.3 is 15.2 Å². The van der Waals surface area contributed by atoms with Gasteiger partial charge in [-0.2, -0.15) is 0 Å². The van der Waals surface area contributed by atoms with Gasteiger partial charge in [-0.1, -0.05) is 36.8 Å². The van der Waals surface area contributed by atoms with Crippen molar-refractivity contribution in [3.63, 3.8) is 0 Å². The molecule has 2 fully saturated rings. The maximum atomic E-state index is 11.7. The fourth-order valence-corrected chi connectivity index (χ4v) is 4.54. The minimum Gasteiger partial charge on any atom is -0.481 e. The van der Waals surface area contributed by atoms with Crippen LogP contribution in [0.1, 0.15) is 57.9 Å². The molecular weight excluding hydrogens is 388 g/mol. The Morgan fingerprint density at radius 1 is 1.06 bits per heavy atom. The topological polar surface area (TPSA) is 70.9 Å². The van der Waals surface area contributed by atoms with E-state index < -0.39 is 11.4 Å². The summed E-state index contributed by atoms with van der Waals surface area (Å²) >= 11 is 0. The van der Waals surface area contributed by atoms with Gasteiger partial charge in [0.2, 0.25) is 0 Å². The Labute approximate surface area is 183 Å². The molecule has 2 aliphatic rings. The number of hydrogen-bond acceptors (Lipinski definition) is 4. The number of aliphatic carboxylic acids is 1. The Bertz CT molecular complexity index is 989. The molecule has 2 aromatic carbocycles. The number of para-hydroxylation sites is 1. The molecule has 2 saturated carbocycles. The molecule has 0 aromatic heterocycles. The second kappa shape index (κ2) is 8.96. The van der Waals surface area contributed by atoms with Crippen LogP contribution in [0.2, 0.25) is 0 Å². The Hall–Kier alpha value is -3.08. The van der Waals surface area contributed by atoms with Gasteiger partial charge in [-0.3, -0.25) is 4.79 Å². The second-order valence-corrected chi connectivity index (χ2v) is 8.51. The van der Waals surface area contributed by atoms with Crippen LogP contribution in [0.25, 0.3) is 0 Å². The largest absolute Gasteiger partial charge is 0.481 e. The molecule has 2 aliphatic carbocycles. The molecule has 0 radical (unpaired) electrons. The summed E-state index contributed by atoms with van der Waals surface area (Å²) in [5, 5.41) is 13.1. The van der Waals surface area contributed by atoms with Crippen molar-refractivity contribution in [3.8, 4) is 5.75 Å². The molecule has 5 heteroatoms. The van der Waals surface area contributed by atoms with Crippen LogP contribution < -0.4 is 10.1 Å². The summed E-state index contributed by atoms with van der Waals surface area (Å²) in [6, 6.07) is 17.6. The normalized spacial score (nSPS) is 21.3. The molecule has 1 unspecified atom stereocenters. The van der Waals surface area contributed by atoms with Gasteiger partial charge >= 0.3 is 5.97 Å². The number of carboxylic acid groups (broad SMARTS) is 1. The van der Waals surface area contributed by atoms with E-state index in [1.807, 2.05) is 61.5 Å². The summed E-state index contributed by atoms with van der Waals surface area (Å²) in [5.74, 6) is 0.111. The van der Waals surface area contributed by atoms with E-state index in [1.165, 1.54) is 5.57 Å². The Kier molecular flexibility index (Phi) is 6.12. The molecular formula is C26H30N2O3. The molecule has 2 N–H and O–H groups in total. The van der Waals surface area contributed by atoms with Gasteiger partial charge in [0.05, 0.1) is 5.41 Å². The van der Waals surface area contributed by atoms with Crippen LogP contribution in [-0.4, -0.2) is 23.0 Å². The van der Waals surface area contributed by atoms with Crippen LogP contribution in [-0.2, 0) is 10.2 Å². The molecule has 0 heterocycles. The molecule has 0 spiro atoms. The summed E-state index contributed by atoms with van der Waals surface area (Å²) in [7, 11) is 0. The van der Waals surface area contributed by atoms with Crippen molar-refractivity contribution in [1.29, 1.82) is 0 Å². The fraction of sp³-hybridized carbons (Fsp3) is 0.385. The van der Waals surface area contributed by atoms with Crippen LogP contribution in [0.3, 0.4) is 0 Å². The first-order valence-electron chi connectivity index (χ1n) is 11.1. The minimum absolute atomic E-state index is 0.243. The van der Waals surface area contributed by atoms with Gasteiger partial charge in [-0.25, -0.2) is 4.99 Å². The zero-order valence-electron chi connectivity index (χ0n) is 18.2. The molecule has 5 nitrogen and oxygen atoms in total. The maximum absolute atomic E-state index is 11.7. The van der Waals surface area contributed by atoms with E-state index in [4.69, 9.17) is 9.73 Å². The third kappa shape index (κ3) is 4.50. The van der Waals surface area contributed by atoms with Crippen LogP contribution in [0.5, 0.6) is 5.75 Å². The lowest BCUT2D eigenvalue weighted by molar-refractivity contribution is -0.147. The lowest BCUT2D eigenvalue weighted by Gasteiger charge is -2.38. The number of carbonyl (C=O) groups is 1. The number of allylic oxidation sites excluding steroid dienone is 2. The van der Waals surface area contributed by atoms with Gasteiger partial charge in [0.15, 0.2) is 6.23 Å². The standard InChI is InChI=1S/C26H30N2O3/c1-18(27-21-14-12-20(13-15-21)26(25(29)30)16-7-17-26)23-10-6-11-24(23)28-19(2)31-22-8-4-3-5-9-22/h3-5,8-9,12-15,19,27H,6-7,10-11,16-17H2,1-2H3,(H,29,30)/b23-18+,28-24-. The smallest absolute Gasteiger partial charge is 0.314 e. The van der Waals surface area contributed by atoms with Crippen LogP contribution in [0, 0.1) is 0 Å². The second-order valence-electron chi connectivity index (χ2n) is 8.51. The van der Waals surface area contributed by atoms with E-state index in [2.05, 4.69) is 12.2 Å². The van der Waals surface area contributed by atoms with E-state index in [0.717, 1.165) is 66.9 Å². The molecule has 1 atom stereocenters. The molecule has 0 bridgehead atoms. The Morgan fingerprint density at radius 2 is 1.77 bits per heavy atom. The SMILES string of the molecule is C/C(Nc1ccc(C2(C(=O)O)CCC2)cc1)=C1/CCC/C1=N/C(C)Oc1ccccc1. The number of nitrogens with one attached hydrogen (secondary N) is 1. The quantitative estimate of drug-likeness (QED) is 0.585. The number of ether oxygens (including phenoxy) is 1. The predicted molar refractivity (Wildman–Crippen MR) is 124 cm³/mol. The molecule has 0 amide bonds. The summed E-state index contributed by atoms with van der Waals surface area (Å²) in [6.07, 6.45) is 5.22. The monoisotopic (exact) mass is 418 g/mol. The van der Waals surface area contributed by atoms with Gasteiger partial charge in [-0.05, 0) is 81.4 Å². The van der Waals surface area contributed by atoms with Crippen molar-refractivity contribution >= 4 is 17.4 Å². The van der Waals surface area contributed by atoms with E-state index in [1.54, 1.807) is 0 Å². The molecule has 31 heavy (non-hydrogen) atoms. The lowest BCUT2D eigenvalue weighted by atomic mass is 9.64. The van der Waals surface area contributed by atoms with E-state index in [-0.39, 0.29) is 6.23 Å². The van der Waals surface area contributed by atoms with Crippen molar-refractivity contribution in [3.05, 3.63) is 71.4 Å². The highest BCUT2D eigenvalue weighted by atomic mass is 16.5. The Morgan fingerprint density at radius 3 is 2.39 bits per heavy atom. The van der Waals surface area contributed by atoms with Crippen LogP contribution >= 0.6 is 0 Å². The highest BCUT2D eigenvalue weighted by Crippen LogP contribution is 2.44. The van der Waals surface area contributed by atoms with Gasteiger partial charge in [0.1, 0.15) is 5.75 Å². The van der Waals surface area contributed by atoms with Crippen molar-refractivity contribution in [2.24, 2.45) is 4.99 Å². The van der Waals surface area contributed by atoms with E-state index >= 15 is 0 Å². The first-order chi connectivity index (χ1) is 15.0. The first-order valence-corrected chi connectivity index (χ1v) is 11.1. The number of anilines is 1. The minimum atomic E-state index is -0.712. The van der Waals surface area contributed by atoms with Crippen LogP contribution in [0.4, 0.5) is 5.69 Å². The zero-order valence-corrected chi connectivity index (χ0v) is 18.2. The van der Waals surface area contributed by atoms with E-state index in [0.29, 0.717) is 0 Å². The Balaban J connectivity index is 1.46. The summed E-state index contributed by atoms with van der Waals surface area (Å²) in [6.45, 7) is 4.05. The number of carboxylic acids is 1. The maximum Gasteiger partial charge on any atom is 0.314 e. The first kappa shape index (κ1) is 21.2. The third-order valence-electron chi connectivity index (χ3n) is 6.41. The fourth-order valence-electron chi connectivity index (χ4n) is 4.54. The summed E-state index contributed by atoms with van der Waals surface area (Å²) < 4.78 is 5.92. The molecule has 162 valence electrons. The number of rotatable bonds is 7. The molecule has 2 aromatic rings. The number of nitrogens with zero attached hydrogens (tertiary/aromatic N) is 1. The van der Waals surface area contributed by atoms with Crippen molar-refractivity contribution in [2.75, 3.05) is 5.32 Å². The lowest BCUT2D eigenvalue weighted by Crippen LogP contribution is -2.42. The zero-order chi connectivity index (χ0) is 21.8. The van der Waals surface area contributed by atoms with Gasteiger partial charge in [0, 0.05) is 17.1 Å². The molecule has 4 rings (SSSR count). The number of aliphatic imine (C=N–C) groups is 1. The highest BCUT2D eigenvalue weighted by molar-refractivity contribution is 6.03. The molecule has 0 saturated heterocycles. The average Bonchev–Trinajstić information content (AvgIpc) is 3.17. The van der Waals surface area contributed by atoms with Crippen molar-refractivity contribution < 1.29 is 14.6 Å². The number of benzene rings is 2.